The van der Waals surface area contributed by atoms with Crippen molar-refractivity contribution in [2.75, 3.05) is 19.7 Å². The average Bonchev–Trinajstić information content (AvgIpc) is 2.53. The monoisotopic (exact) mass is 297 g/mol. The Morgan fingerprint density at radius 1 is 1.09 bits per heavy atom. The smallest absolute Gasteiger partial charge is 0.226 e. The van der Waals surface area contributed by atoms with Crippen molar-refractivity contribution >= 4 is 5.91 Å². The van der Waals surface area contributed by atoms with Crippen LogP contribution in [0, 0.1) is 0 Å². The van der Waals surface area contributed by atoms with Gasteiger partial charge in [-0.25, -0.2) is 0 Å². The lowest BCUT2D eigenvalue weighted by Crippen LogP contribution is -2.53. The van der Waals surface area contributed by atoms with Gasteiger partial charge in [-0.1, -0.05) is 48.5 Å². The molecule has 4 heteroatoms. The van der Waals surface area contributed by atoms with E-state index in [1.165, 1.54) is 0 Å². The van der Waals surface area contributed by atoms with Gasteiger partial charge < -0.3 is 14.7 Å². The molecule has 1 aliphatic heterocycles. The quantitative estimate of drug-likeness (QED) is 0.921. The van der Waals surface area contributed by atoms with Crippen LogP contribution in [0.15, 0.2) is 54.6 Å². The number of hydrogen-bond acceptors (Lipinski definition) is 3. The van der Waals surface area contributed by atoms with Gasteiger partial charge in [0.15, 0.2) is 0 Å². The Balaban J connectivity index is 1.60. The van der Waals surface area contributed by atoms with E-state index in [1.807, 2.05) is 54.6 Å². The average molecular weight is 297 g/mol. The van der Waals surface area contributed by atoms with Crippen molar-refractivity contribution in [3.63, 3.8) is 0 Å². The van der Waals surface area contributed by atoms with Gasteiger partial charge in [-0.2, -0.15) is 0 Å². The second-order valence-electron chi connectivity index (χ2n) is 5.41. The number of carbonyl (C=O) groups is 1. The first-order valence-electron chi connectivity index (χ1n) is 7.47. The summed E-state index contributed by atoms with van der Waals surface area (Å²) in [6, 6.07) is 17.9. The van der Waals surface area contributed by atoms with Gasteiger partial charge in [0.2, 0.25) is 5.91 Å². The molecule has 0 aliphatic carbocycles. The maximum Gasteiger partial charge on any atom is 0.226 e. The number of hydrogen-bond donors (Lipinski definition) is 1. The maximum absolute atomic E-state index is 11.9. The minimum absolute atomic E-state index is 0.0301. The van der Waals surface area contributed by atoms with Gasteiger partial charge in [0.25, 0.3) is 0 Å². The highest BCUT2D eigenvalue weighted by Gasteiger charge is 2.28. The molecule has 0 saturated carbocycles. The van der Waals surface area contributed by atoms with Crippen LogP contribution in [0.25, 0.3) is 11.1 Å². The predicted molar refractivity (Wildman–Crippen MR) is 84.6 cm³/mol. The molecule has 2 aromatic carbocycles. The number of aliphatic hydroxyl groups excluding tert-OH is 1. The highest BCUT2D eigenvalue weighted by molar-refractivity contribution is 5.77. The standard InChI is InChI=1S/C18H19NO3/c20-15-12-19(13-15)18(21)10-11-22-17-9-5-4-8-16(17)14-6-2-1-3-7-14/h1-9,15,20H,10-13H2. The zero-order valence-corrected chi connectivity index (χ0v) is 12.3. The normalized spacial score (nSPS) is 14.5. The summed E-state index contributed by atoms with van der Waals surface area (Å²) in [5, 5.41) is 9.21. The van der Waals surface area contributed by atoms with Crippen LogP contribution in [0.2, 0.25) is 0 Å². The Bertz CT molecular complexity index is 636. The fourth-order valence-corrected chi connectivity index (χ4v) is 2.51. The highest BCUT2D eigenvalue weighted by atomic mass is 16.5. The van der Waals surface area contributed by atoms with Crippen LogP contribution in [0.5, 0.6) is 5.75 Å². The molecule has 1 fully saturated rings. The molecule has 0 unspecified atom stereocenters. The predicted octanol–water partition coefficient (Wildman–Crippen LogP) is 2.33. The largest absolute Gasteiger partial charge is 0.492 e. The summed E-state index contributed by atoms with van der Waals surface area (Å²) in [4.78, 5) is 13.5. The zero-order valence-electron chi connectivity index (χ0n) is 12.3. The van der Waals surface area contributed by atoms with E-state index in [0.717, 1.165) is 16.9 Å². The maximum atomic E-state index is 11.9. The number of rotatable bonds is 5. The van der Waals surface area contributed by atoms with E-state index in [9.17, 15) is 9.90 Å². The molecule has 0 atom stereocenters. The molecule has 1 saturated heterocycles. The van der Waals surface area contributed by atoms with Crippen LogP contribution in [0.4, 0.5) is 0 Å². The second kappa shape index (κ2) is 6.62. The lowest BCUT2D eigenvalue weighted by molar-refractivity contribution is -0.141. The van der Waals surface area contributed by atoms with Crippen molar-refractivity contribution in [3.05, 3.63) is 54.6 Å². The van der Waals surface area contributed by atoms with Gasteiger partial charge in [0.05, 0.1) is 19.1 Å². The Morgan fingerprint density at radius 2 is 1.77 bits per heavy atom. The summed E-state index contributed by atoms with van der Waals surface area (Å²) in [5.41, 5.74) is 2.12. The fourth-order valence-electron chi connectivity index (χ4n) is 2.51. The van der Waals surface area contributed by atoms with Gasteiger partial charge in [-0.3, -0.25) is 4.79 Å². The summed E-state index contributed by atoms with van der Waals surface area (Å²) in [6.45, 7) is 1.23. The highest BCUT2D eigenvalue weighted by Crippen LogP contribution is 2.29. The molecule has 1 heterocycles. The van der Waals surface area contributed by atoms with Crippen molar-refractivity contribution in [1.82, 2.24) is 4.90 Å². The summed E-state index contributed by atoms with van der Waals surface area (Å²) in [6.07, 6.45) is -0.0285. The minimum Gasteiger partial charge on any atom is -0.492 e. The molecule has 0 radical (unpaired) electrons. The molecule has 1 N–H and O–H groups in total. The fraction of sp³-hybridized carbons (Fsp3) is 0.278. The molecule has 22 heavy (non-hydrogen) atoms. The molecule has 0 aromatic heterocycles. The second-order valence-corrected chi connectivity index (χ2v) is 5.41. The van der Waals surface area contributed by atoms with E-state index >= 15 is 0 Å². The van der Waals surface area contributed by atoms with E-state index in [1.54, 1.807) is 4.90 Å². The topological polar surface area (TPSA) is 49.8 Å². The van der Waals surface area contributed by atoms with Gasteiger partial charge in [0, 0.05) is 18.7 Å². The molecule has 114 valence electrons. The molecular formula is C18H19NO3. The number of para-hydroxylation sites is 1. The number of β-amino-alcohol motifs (C(OH)–C–C–N with tert-alkyl or cyclic N) is 1. The Morgan fingerprint density at radius 3 is 2.50 bits per heavy atom. The first-order valence-corrected chi connectivity index (χ1v) is 7.47. The number of amides is 1. The Kier molecular flexibility index (Phi) is 4.39. The van der Waals surface area contributed by atoms with E-state index < -0.39 is 0 Å². The van der Waals surface area contributed by atoms with Gasteiger partial charge in [-0.05, 0) is 11.6 Å². The molecule has 1 amide bonds. The summed E-state index contributed by atoms with van der Waals surface area (Å²) in [5.74, 6) is 0.813. The molecular weight excluding hydrogens is 278 g/mol. The first kappa shape index (κ1) is 14.6. The summed E-state index contributed by atoms with van der Waals surface area (Å²) < 4.78 is 5.80. The third-order valence-electron chi connectivity index (χ3n) is 3.76. The van der Waals surface area contributed by atoms with Crippen molar-refractivity contribution in [2.24, 2.45) is 0 Å². The van der Waals surface area contributed by atoms with Gasteiger partial charge in [0.1, 0.15) is 5.75 Å². The number of aliphatic hydroxyl groups is 1. The number of likely N-dealkylation sites (tertiary alicyclic amines) is 1. The SMILES string of the molecule is O=C(CCOc1ccccc1-c1ccccc1)N1CC(O)C1. The van der Waals surface area contributed by atoms with Gasteiger partial charge >= 0.3 is 0 Å². The van der Waals surface area contributed by atoms with Crippen molar-refractivity contribution in [1.29, 1.82) is 0 Å². The lowest BCUT2D eigenvalue weighted by Gasteiger charge is -2.35. The van der Waals surface area contributed by atoms with E-state index in [-0.39, 0.29) is 12.0 Å². The zero-order chi connectivity index (χ0) is 15.4. The number of benzene rings is 2. The summed E-state index contributed by atoms with van der Waals surface area (Å²) in [7, 11) is 0. The molecule has 0 bridgehead atoms. The van der Waals surface area contributed by atoms with Crippen molar-refractivity contribution in [3.8, 4) is 16.9 Å². The van der Waals surface area contributed by atoms with E-state index in [0.29, 0.717) is 26.1 Å². The molecule has 2 aromatic rings. The number of nitrogens with zero attached hydrogens (tertiary/aromatic N) is 1. The lowest BCUT2D eigenvalue weighted by atomic mass is 10.1. The first-order chi connectivity index (χ1) is 10.7. The van der Waals surface area contributed by atoms with Crippen LogP contribution in [0.1, 0.15) is 6.42 Å². The molecule has 0 spiro atoms. The van der Waals surface area contributed by atoms with E-state index in [2.05, 4.69) is 0 Å². The molecule has 4 nitrogen and oxygen atoms in total. The van der Waals surface area contributed by atoms with Crippen LogP contribution in [0.3, 0.4) is 0 Å². The Labute approximate surface area is 130 Å². The van der Waals surface area contributed by atoms with Crippen LogP contribution >= 0.6 is 0 Å². The van der Waals surface area contributed by atoms with Crippen molar-refractivity contribution in [2.45, 2.75) is 12.5 Å². The van der Waals surface area contributed by atoms with Crippen LogP contribution in [-0.2, 0) is 4.79 Å². The molecule has 3 rings (SSSR count). The molecule has 1 aliphatic rings. The van der Waals surface area contributed by atoms with Crippen LogP contribution in [-0.4, -0.2) is 41.7 Å². The van der Waals surface area contributed by atoms with Crippen LogP contribution < -0.4 is 4.74 Å². The minimum atomic E-state index is -0.358. The number of carbonyl (C=O) groups excluding carboxylic acids is 1. The summed E-state index contributed by atoms with van der Waals surface area (Å²) >= 11 is 0. The third kappa shape index (κ3) is 3.28. The van der Waals surface area contributed by atoms with Gasteiger partial charge in [-0.15, -0.1) is 0 Å². The number of ether oxygens (including phenoxy) is 1. The third-order valence-corrected chi connectivity index (χ3v) is 3.76. The van der Waals surface area contributed by atoms with Crippen molar-refractivity contribution < 1.29 is 14.6 Å². The van der Waals surface area contributed by atoms with E-state index in [4.69, 9.17) is 4.74 Å². The Hall–Kier alpha value is -2.33.